The molecule has 0 saturated carbocycles. The van der Waals surface area contributed by atoms with E-state index in [0.717, 1.165) is 10.0 Å². The molecule has 0 fully saturated rings. The van der Waals surface area contributed by atoms with Crippen LogP contribution in [0.5, 0.6) is 5.75 Å². The lowest BCUT2D eigenvalue weighted by atomic mass is 10.1. The van der Waals surface area contributed by atoms with Crippen LogP contribution in [0.2, 0.25) is 15.1 Å². The fourth-order valence-electron chi connectivity index (χ4n) is 2.55. The van der Waals surface area contributed by atoms with Crippen LogP contribution in [0.1, 0.15) is 19.4 Å². The van der Waals surface area contributed by atoms with Gasteiger partial charge in [0.1, 0.15) is 11.8 Å². The Labute approximate surface area is 193 Å². The molecule has 2 rings (SSSR count). The number of hydrogen-bond donors (Lipinski definition) is 1. The van der Waals surface area contributed by atoms with E-state index < -0.39 is 6.04 Å². The van der Waals surface area contributed by atoms with E-state index in [0.29, 0.717) is 27.4 Å². The zero-order valence-corrected chi connectivity index (χ0v) is 19.7. The molecular weight excluding hydrogens is 502 g/mol. The minimum atomic E-state index is -0.708. The number of rotatable bonds is 8. The predicted molar refractivity (Wildman–Crippen MR) is 120 cm³/mol. The van der Waals surface area contributed by atoms with Crippen molar-refractivity contribution in [2.75, 3.05) is 13.2 Å². The van der Waals surface area contributed by atoms with Crippen molar-refractivity contribution in [3.05, 3.63) is 61.5 Å². The van der Waals surface area contributed by atoms with E-state index >= 15 is 0 Å². The maximum atomic E-state index is 12.9. The van der Waals surface area contributed by atoms with Crippen LogP contribution in [0.4, 0.5) is 0 Å². The Bertz CT molecular complexity index is 895. The summed E-state index contributed by atoms with van der Waals surface area (Å²) in [6.07, 6.45) is 0. The summed E-state index contributed by atoms with van der Waals surface area (Å²) in [5.74, 6) is -0.250. The molecule has 156 valence electrons. The highest BCUT2D eigenvalue weighted by Crippen LogP contribution is 2.28. The molecule has 0 aromatic heterocycles. The van der Waals surface area contributed by atoms with Crippen LogP contribution in [0.25, 0.3) is 0 Å². The highest BCUT2D eigenvalue weighted by atomic mass is 79.9. The number of benzene rings is 2. The van der Waals surface area contributed by atoms with Crippen LogP contribution < -0.4 is 10.1 Å². The van der Waals surface area contributed by atoms with Gasteiger partial charge in [0.2, 0.25) is 5.91 Å². The smallest absolute Gasteiger partial charge is 0.261 e. The molecule has 0 aliphatic heterocycles. The summed E-state index contributed by atoms with van der Waals surface area (Å²) in [5, 5.41) is 3.89. The van der Waals surface area contributed by atoms with E-state index in [1.54, 1.807) is 43.3 Å². The predicted octanol–water partition coefficient (Wildman–Crippen LogP) is 5.34. The van der Waals surface area contributed by atoms with Gasteiger partial charge in [0.15, 0.2) is 6.61 Å². The third-order valence-electron chi connectivity index (χ3n) is 4.10. The first-order valence-corrected chi connectivity index (χ1v) is 10.7. The molecule has 0 bridgehead atoms. The average molecular weight is 523 g/mol. The summed E-state index contributed by atoms with van der Waals surface area (Å²) in [6.45, 7) is 3.84. The number of carbonyl (C=O) groups excluding carboxylic acids is 2. The summed E-state index contributed by atoms with van der Waals surface area (Å²) in [6, 6.07) is 9.46. The monoisotopic (exact) mass is 520 g/mol. The normalized spacial score (nSPS) is 11.7. The standard InChI is InChI=1S/C20H20BrCl3N2O3/c1-3-25-20(28)12(2)26(10-13-4-6-15(22)16(23)8-13)19(27)11-29-18-7-5-14(21)9-17(18)24/h4-9,12H,3,10-11H2,1-2H3,(H,25,28). The van der Waals surface area contributed by atoms with Crippen molar-refractivity contribution in [2.45, 2.75) is 26.4 Å². The van der Waals surface area contributed by atoms with E-state index in [2.05, 4.69) is 21.2 Å². The minimum absolute atomic E-state index is 0.172. The Hall–Kier alpha value is -1.47. The molecule has 1 unspecified atom stereocenters. The second kappa shape index (κ2) is 11.1. The van der Waals surface area contributed by atoms with Crippen molar-refractivity contribution in [1.82, 2.24) is 10.2 Å². The lowest BCUT2D eigenvalue weighted by Gasteiger charge is -2.28. The van der Waals surface area contributed by atoms with Crippen molar-refractivity contribution in [2.24, 2.45) is 0 Å². The van der Waals surface area contributed by atoms with E-state index in [9.17, 15) is 9.59 Å². The molecule has 0 spiro atoms. The van der Waals surface area contributed by atoms with Crippen molar-refractivity contribution in [3.8, 4) is 5.75 Å². The van der Waals surface area contributed by atoms with Crippen LogP contribution >= 0.6 is 50.7 Å². The lowest BCUT2D eigenvalue weighted by Crippen LogP contribution is -2.49. The quantitative estimate of drug-likeness (QED) is 0.509. The Kier molecular flexibility index (Phi) is 9.08. The molecule has 9 heteroatoms. The van der Waals surface area contributed by atoms with Gasteiger partial charge in [0, 0.05) is 17.6 Å². The fourth-order valence-corrected chi connectivity index (χ4v) is 3.60. The molecule has 0 aliphatic rings. The SMILES string of the molecule is CCNC(=O)C(C)N(Cc1ccc(Cl)c(Cl)c1)C(=O)COc1ccc(Br)cc1Cl. The Morgan fingerprint density at radius 2 is 1.83 bits per heavy atom. The van der Waals surface area contributed by atoms with Gasteiger partial charge in [0.05, 0.1) is 15.1 Å². The third-order valence-corrected chi connectivity index (χ3v) is 5.63. The minimum Gasteiger partial charge on any atom is -0.482 e. The molecule has 2 aromatic rings. The van der Waals surface area contributed by atoms with Crippen LogP contribution in [0, 0.1) is 0 Å². The first kappa shape index (κ1) is 23.8. The highest BCUT2D eigenvalue weighted by molar-refractivity contribution is 9.10. The van der Waals surface area contributed by atoms with Gasteiger partial charge in [-0.05, 0) is 49.7 Å². The Balaban J connectivity index is 2.19. The number of amides is 2. The van der Waals surface area contributed by atoms with Crippen LogP contribution in [-0.2, 0) is 16.1 Å². The second-order valence-corrected chi connectivity index (χ2v) is 8.34. The molecule has 5 nitrogen and oxygen atoms in total. The number of carbonyl (C=O) groups is 2. The number of hydrogen-bond acceptors (Lipinski definition) is 3. The van der Waals surface area contributed by atoms with Crippen molar-refractivity contribution in [3.63, 3.8) is 0 Å². The van der Waals surface area contributed by atoms with E-state index in [-0.39, 0.29) is 25.0 Å². The number of nitrogens with zero attached hydrogens (tertiary/aromatic N) is 1. The van der Waals surface area contributed by atoms with Crippen molar-refractivity contribution < 1.29 is 14.3 Å². The first-order valence-electron chi connectivity index (χ1n) is 8.81. The summed E-state index contributed by atoms with van der Waals surface area (Å²) < 4.78 is 6.38. The molecule has 1 N–H and O–H groups in total. The lowest BCUT2D eigenvalue weighted by molar-refractivity contribution is -0.142. The van der Waals surface area contributed by atoms with Crippen LogP contribution in [0.15, 0.2) is 40.9 Å². The maximum absolute atomic E-state index is 12.9. The third kappa shape index (κ3) is 6.78. The van der Waals surface area contributed by atoms with E-state index in [1.165, 1.54) is 4.90 Å². The van der Waals surface area contributed by atoms with Crippen LogP contribution in [0.3, 0.4) is 0 Å². The van der Waals surface area contributed by atoms with Gasteiger partial charge in [-0.3, -0.25) is 9.59 Å². The average Bonchev–Trinajstić information content (AvgIpc) is 2.67. The summed E-state index contributed by atoms with van der Waals surface area (Å²) in [5.41, 5.74) is 0.741. The van der Waals surface area contributed by atoms with Gasteiger partial charge in [-0.15, -0.1) is 0 Å². The molecule has 0 radical (unpaired) electrons. The first-order chi connectivity index (χ1) is 13.7. The number of ether oxygens (including phenoxy) is 1. The second-order valence-electron chi connectivity index (χ2n) is 6.20. The largest absolute Gasteiger partial charge is 0.482 e. The van der Waals surface area contributed by atoms with Gasteiger partial charge in [-0.25, -0.2) is 0 Å². The van der Waals surface area contributed by atoms with Crippen molar-refractivity contribution in [1.29, 1.82) is 0 Å². The number of likely N-dealkylation sites (N-methyl/N-ethyl adjacent to an activating group) is 1. The van der Waals surface area contributed by atoms with Gasteiger partial charge in [-0.1, -0.05) is 56.8 Å². The fraction of sp³-hybridized carbons (Fsp3) is 0.300. The topological polar surface area (TPSA) is 58.6 Å². The Morgan fingerprint density at radius 3 is 2.45 bits per heavy atom. The molecular formula is C20H20BrCl3N2O3. The maximum Gasteiger partial charge on any atom is 0.261 e. The molecule has 0 saturated heterocycles. The molecule has 0 heterocycles. The van der Waals surface area contributed by atoms with Gasteiger partial charge in [0.25, 0.3) is 5.91 Å². The molecule has 0 aliphatic carbocycles. The Morgan fingerprint density at radius 1 is 1.10 bits per heavy atom. The summed E-state index contributed by atoms with van der Waals surface area (Å²) >= 11 is 21.5. The van der Waals surface area contributed by atoms with Gasteiger partial charge in [-0.2, -0.15) is 0 Å². The van der Waals surface area contributed by atoms with E-state index in [1.807, 2.05) is 6.92 Å². The molecule has 2 aromatic carbocycles. The van der Waals surface area contributed by atoms with Crippen molar-refractivity contribution >= 4 is 62.5 Å². The number of nitrogens with one attached hydrogen (secondary N) is 1. The zero-order chi connectivity index (χ0) is 21.6. The number of halogens is 4. The van der Waals surface area contributed by atoms with Crippen LogP contribution in [-0.4, -0.2) is 35.9 Å². The zero-order valence-electron chi connectivity index (χ0n) is 15.8. The summed E-state index contributed by atoms with van der Waals surface area (Å²) in [4.78, 5) is 26.7. The highest BCUT2D eigenvalue weighted by Gasteiger charge is 2.26. The molecule has 29 heavy (non-hydrogen) atoms. The van der Waals surface area contributed by atoms with Gasteiger partial charge < -0.3 is 15.0 Å². The molecule has 2 amide bonds. The summed E-state index contributed by atoms with van der Waals surface area (Å²) in [7, 11) is 0. The van der Waals surface area contributed by atoms with Gasteiger partial charge >= 0.3 is 0 Å². The molecule has 1 atom stereocenters. The van der Waals surface area contributed by atoms with E-state index in [4.69, 9.17) is 39.5 Å².